The normalized spacial score (nSPS) is 24.7. The van der Waals surface area contributed by atoms with E-state index >= 15 is 0 Å². The minimum atomic E-state index is -0.430. The maximum absolute atomic E-state index is 12.7. The van der Waals surface area contributed by atoms with Crippen LogP contribution in [-0.2, 0) is 4.79 Å². The van der Waals surface area contributed by atoms with Gasteiger partial charge in [-0.1, -0.05) is 30.3 Å². The van der Waals surface area contributed by atoms with Crippen LogP contribution in [-0.4, -0.2) is 32.2 Å². The Kier molecular flexibility index (Phi) is 3.97. The highest BCUT2D eigenvalue weighted by Crippen LogP contribution is 2.35. The molecule has 0 spiro atoms. The first-order valence-electron chi connectivity index (χ1n) is 8.13. The first-order valence-corrected chi connectivity index (χ1v) is 8.13. The number of carbonyl (C=O) groups is 1. The highest BCUT2D eigenvalue weighted by molar-refractivity contribution is 5.83. The predicted octanol–water partition coefficient (Wildman–Crippen LogP) is -0.0925. The number of amides is 1. The Hall–Kier alpha value is -2.36. The van der Waals surface area contributed by atoms with Crippen molar-refractivity contribution >= 4 is 5.91 Å². The Morgan fingerprint density at radius 3 is 2.83 bits per heavy atom. The number of carbonyl (C=O) groups excluding carboxylic acids is 1. The van der Waals surface area contributed by atoms with Crippen molar-refractivity contribution in [1.29, 1.82) is 0 Å². The molecule has 1 aliphatic carbocycles. The van der Waals surface area contributed by atoms with E-state index in [1.54, 1.807) is 0 Å². The molecule has 9 heteroatoms. The van der Waals surface area contributed by atoms with Gasteiger partial charge in [0.25, 0.3) is 0 Å². The van der Waals surface area contributed by atoms with Gasteiger partial charge in [0.1, 0.15) is 6.04 Å². The molecule has 2 fully saturated rings. The summed E-state index contributed by atoms with van der Waals surface area (Å²) < 4.78 is 1.82. The molecule has 1 aliphatic heterocycles. The Morgan fingerprint density at radius 1 is 1.29 bits per heavy atom. The molecule has 1 saturated carbocycles. The SMILES string of the molecule is CC(NC(=O)C1NNNC1c1ccccc1)c1nnnn1C1CC1. The number of tetrazole rings is 1. The van der Waals surface area contributed by atoms with Gasteiger partial charge >= 0.3 is 0 Å². The first kappa shape index (κ1) is 15.2. The molecule has 2 aromatic rings. The van der Waals surface area contributed by atoms with Crippen LogP contribution in [0.4, 0.5) is 0 Å². The van der Waals surface area contributed by atoms with Gasteiger partial charge in [0, 0.05) is 0 Å². The van der Waals surface area contributed by atoms with Crippen molar-refractivity contribution < 1.29 is 4.79 Å². The van der Waals surface area contributed by atoms with E-state index in [0.717, 1.165) is 18.4 Å². The van der Waals surface area contributed by atoms with Gasteiger partial charge in [0.05, 0.1) is 18.1 Å². The summed E-state index contributed by atoms with van der Waals surface area (Å²) in [5.41, 5.74) is 9.93. The van der Waals surface area contributed by atoms with E-state index in [4.69, 9.17) is 0 Å². The monoisotopic (exact) mass is 328 g/mol. The lowest BCUT2D eigenvalue weighted by Crippen LogP contribution is -2.46. The number of benzene rings is 1. The summed E-state index contributed by atoms with van der Waals surface area (Å²) in [5, 5.41) is 14.8. The Morgan fingerprint density at radius 2 is 2.08 bits per heavy atom. The van der Waals surface area contributed by atoms with Crippen molar-refractivity contribution in [2.75, 3.05) is 0 Å². The highest BCUT2D eigenvalue weighted by Gasteiger charge is 2.35. The van der Waals surface area contributed by atoms with Crippen molar-refractivity contribution in [2.45, 2.75) is 43.9 Å². The average Bonchev–Trinajstić information content (AvgIpc) is 3.14. The molecule has 126 valence electrons. The minimum absolute atomic E-state index is 0.112. The maximum Gasteiger partial charge on any atom is 0.241 e. The minimum Gasteiger partial charge on any atom is -0.345 e. The lowest BCUT2D eigenvalue weighted by molar-refractivity contribution is -0.124. The maximum atomic E-state index is 12.7. The number of hydrazine groups is 2. The van der Waals surface area contributed by atoms with E-state index in [2.05, 4.69) is 37.2 Å². The number of nitrogens with one attached hydrogen (secondary N) is 4. The molecule has 3 unspecified atom stereocenters. The fourth-order valence-electron chi connectivity index (χ4n) is 2.95. The zero-order valence-corrected chi connectivity index (χ0v) is 13.3. The van der Waals surface area contributed by atoms with E-state index < -0.39 is 6.04 Å². The highest BCUT2D eigenvalue weighted by atomic mass is 16.2. The number of nitrogens with zero attached hydrogens (tertiary/aromatic N) is 4. The Labute approximate surface area is 139 Å². The second kappa shape index (κ2) is 6.27. The number of hydrogen-bond acceptors (Lipinski definition) is 7. The molecule has 0 radical (unpaired) electrons. The van der Waals surface area contributed by atoms with Crippen LogP contribution in [0, 0.1) is 0 Å². The van der Waals surface area contributed by atoms with Crippen molar-refractivity contribution in [1.82, 2.24) is 41.9 Å². The van der Waals surface area contributed by atoms with E-state index in [-0.39, 0.29) is 18.0 Å². The number of hydrogen-bond donors (Lipinski definition) is 4. The van der Waals surface area contributed by atoms with Crippen LogP contribution >= 0.6 is 0 Å². The van der Waals surface area contributed by atoms with Gasteiger partial charge in [0.2, 0.25) is 5.91 Å². The van der Waals surface area contributed by atoms with Crippen molar-refractivity contribution in [3.05, 3.63) is 41.7 Å². The molecule has 1 saturated heterocycles. The van der Waals surface area contributed by atoms with Gasteiger partial charge in [0.15, 0.2) is 5.82 Å². The van der Waals surface area contributed by atoms with Gasteiger partial charge < -0.3 is 5.32 Å². The van der Waals surface area contributed by atoms with Crippen LogP contribution in [0.2, 0.25) is 0 Å². The van der Waals surface area contributed by atoms with Crippen LogP contribution in [0.15, 0.2) is 30.3 Å². The van der Waals surface area contributed by atoms with Crippen LogP contribution < -0.4 is 21.7 Å². The molecular formula is C15H20N8O. The number of rotatable bonds is 5. The molecule has 2 aliphatic rings. The summed E-state index contributed by atoms with van der Waals surface area (Å²) in [4.78, 5) is 12.7. The molecule has 0 bridgehead atoms. The third-order valence-electron chi connectivity index (χ3n) is 4.39. The zero-order valence-electron chi connectivity index (χ0n) is 13.3. The Balaban J connectivity index is 1.46. The van der Waals surface area contributed by atoms with Gasteiger partial charge in [-0.25, -0.2) is 15.5 Å². The summed E-state index contributed by atoms with van der Waals surface area (Å²) in [6.45, 7) is 1.90. The lowest BCUT2D eigenvalue weighted by atomic mass is 10.00. The number of aromatic nitrogens is 4. The molecule has 1 amide bonds. The van der Waals surface area contributed by atoms with Crippen LogP contribution in [0.25, 0.3) is 0 Å². The largest absolute Gasteiger partial charge is 0.345 e. The summed E-state index contributed by atoms with van der Waals surface area (Å²) in [6, 6.07) is 9.37. The fourth-order valence-corrected chi connectivity index (χ4v) is 2.95. The molecular weight excluding hydrogens is 308 g/mol. The van der Waals surface area contributed by atoms with Crippen molar-refractivity contribution in [3.8, 4) is 0 Å². The Bertz CT molecular complexity index is 713. The molecule has 1 aromatic carbocycles. The van der Waals surface area contributed by atoms with Crippen LogP contribution in [0.1, 0.15) is 49.3 Å². The zero-order chi connectivity index (χ0) is 16.5. The van der Waals surface area contributed by atoms with Crippen molar-refractivity contribution in [2.24, 2.45) is 0 Å². The van der Waals surface area contributed by atoms with E-state index in [1.807, 2.05) is 41.9 Å². The molecule has 3 atom stereocenters. The van der Waals surface area contributed by atoms with Gasteiger partial charge in [-0.05, 0) is 35.8 Å². The summed E-state index contributed by atoms with van der Waals surface area (Å²) in [5.74, 6) is 0.584. The summed E-state index contributed by atoms with van der Waals surface area (Å²) in [7, 11) is 0. The molecule has 24 heavy (non-hydrogen) atoms. The quantitative estimate of drug-likeness (QED) is 0.607. The third kappa shape index (κ3) is 2.88. The smallest absolute Gasteiger partial charge is 0.241 e. The lowest BCUT2D eigenvalue weighted by Gasteiger charge is -2.20. The van der Waals surface area contributed by atoms with Crippen LogP contribution in [0.5, 0.6) is 0 Å². The summed E-state index contributed by atoms with van der Waals surface area (Å²) >= 11 is 0. The summed E-state index contributed by atoms with van der Waals surface area (Å²) in [6.07, 6.45) is 2.18. The molecule has 4 rings (SSSR count). The molecule has 1 aromatic heterocycles. The fraction of sp³-hybridized carbons (Fsp3) is 0.467. The van der Waals surface area contributed by atoms with E-state index in [1.165, 1.54) is 0 Å². The standard InChI is InChI=1S/C15H20N8O/c1-9(14-19-21-22-23(14)11-7-8-11)16-15(24)13-12(17-20-18-13)10-5-3-2-4-6-10/h2-6,9,11-13,17-18,20H,7-8H2,1H3,(H,16,24). The second-order valence-corrected chi connectivity index (χ2v) is 6.22. The van der Waals surface area contributed by atoms with E-state index in [0.29, 0.717) is 11.9 Å². The predicted molar refractivity (Wildman–Crippen MR) is 85.0 cm³/mol. The molecule has 2 heterocycles. The molecule has 4 N–H and O–H groups in total. The van der Waals surface area contributed by atoms with E-state index in [9.17, 15) is 4.79 Å². The van der Waals surface area contributed by atoms with Gasteiger partial charge in [-0.15, -0.1) is 5.10 Å². The average molecular weight is 328 g/mol. The van der Waals surface area contributed by atoms with Gasteiger partial charge in [-0.2, -0.15) is 5.53 Å². The first-order chi connectivity index (χ1) is 11.7. The van der Waals surface area contributed by atoms with Crippen LogP contribution in [0.3, 0.4) is 0 Å². The molecule has 9 nitrogen and oxygen atoms in total. The topological polar surface area (TPSA) is 109 Å². The van der Waals surface area contributed by atoms with Crippen molar-refractivity contribution in [3.63, 3.8) is 0 Å². The third-order valence-corrected chi connectivity index (χ3v) is 4.39. The second-order valence-electron chi connectivity index (χ2n) is 6.22. The van der Waals surface area contributed by atoms with Gasteiger partial charge in [-0.3, -0.25) is 4.79 Å².